The first-order valence-corrected chi connectivity index (χ1v) is 7.20. The number of hydrogen-bond donors (Lipinski definition) is 1. The van der Waals surface area contributed by atoms with Crippen molar-refractivity contribution in [3.05, 3.63) is 12.2 Å². The average Bonchev–Trinajstić information content (AvgIpc) is 2.41. The number of carbonyl (C=O) groups excluding carboxylic acids is 2. The molecule has 0 aromatic heterocycles. The fourth-order valence-corrected chi connectivity index (χ4v) is 2.01. The van der Waals surface area contributed by atoms with Gasteiger partial charge in [-0.3, -0.25) is 9.59 Å². The highest BCUT2D eigenvalue weighted by Gasteiger charge is 2.36. The fourth-order valence-electron chi connectivity index (χ4n) is 1.66. The maximum Gasteiger partial charge on any atom is 0.552 e. The molecule has 0 aromatic carbocycles. The van der Waals surface area contributed by atoms with Gasteiger partial charge in [-0.05, 0) is 19.6 Å². The summed E-state index contributed by atoms with van der Waals surface area (Å²) >= 11 is 1.44. The van der Waals surface area contributed by atoms with E-state index in [9.17, 15) is 9.59 Å². The van der Waals surface area contributed by atoms with Gasteiger partial charge in [0.25, 0.3) is 5.97 Å². The van der Waals surface area contributed by atoms with Crippen LogP contribution in [-0.4, -0.2) is 43.0 Å². The number of nitrogens with one attached hydrogen (secondary N) is 1. The Morgan fingerprint density at radius 3 is 2.94 bits per heavy atom. The highest BCUT2D eigenvalue weighted by molar-refractivity contribution is 7.99. The van der Waals surface area contributed by atoms with Crippen molar-refractivity contribution in [2.75, 3.05) is 12.0 Å². The number of amides is 1. The van der Waals surface area contributed by atoms with Gasteiger partial charge in [-0.2, -0.15) is 11.8 Å². The first kappa shape index (κ1) is 15.1. The average molecular weight is 271 g/mol. The van der Waals surface area contributed by atoms with E-state index in [-0.39, 0.29) is 18.0 Å². The quantitative estimate of drug-likeness (QED) is 0.605. The Bertz CT molecular complexity index is 337. The molecule has 1 heterocycles. The summed E-state index contributed by atoms with van der Waals surface area (Å²) in [6.07, 6.45) is 6.11. The van der Waals surface area contributed by atoms with Crippen LogP contribution in [-0.2, 0) is 18.9 Å². The van der Waals surface area contributed by atoms with Crippen molar-refractivity contribution in [2.45, 2.75) is 32.3 Å². The lowest BCUT2D eigenvalue weighted by Crippen LogP contribution is -2.50. The Balaban J connectivity index is 2.66. The zero-order valence-electron chi connectivity index (χ0n) is 10.8. The van der Waals surface area contributed by atoms with Crippen LogP contribution in [0.4, 0.5) is 0 Å². The Hall–Kier alpha value is -0.945. The van der Waals surface area contributed by atoms with E-state index in [0.717, 1.165) is 0 Å². The van der Waals surface area contributed by atoms with Crippen LogP contribution in [0.3, 0.4) is 0 Å². The monoisotopic (exact) mass is 271 g/mol. The van der Waals surface area contributed by atoms with Crippen molar-refractivity contribution in [3.8, 4) is 0 Å². The second kappa shape index (κ2) is 7.48. The lowest BCUT2D eigenvalue weighted by atomic mass is 9.76. The highest BCUT2D eigenvalue weighted by Crippen LogP contribution is 2.12. The van der Waals surface area contributed by atoms with E-state index in [4.69, 9.17) is 9.31 Å². The van der Waals surface area contributed by atoms with Gasteiger partial charge in [0.05, 0.1) is 17.8 Å². The van der Waals surface area contributed by atoms with E-state index in [2.05, 4.69) is 5.32 Å². The van der Waals surface area contributed by atoms with E-state index in [1.807, 2.05) is 25.3 Å². The van der Waals surface area contributed by atoms with Crippen LogP contribution in [0.5, 0.6) is 0 Å². The number of carbonyl (C=O) groups is 2. The maximum atomic E-state index is 11.6. The van der Waals surface area contributed by atoms with E-state index in [1.165, 1.54) is 18.7 Å². The molecule has 1 N–H and O–H groups in total. The molecule has 0 spiro atoms. The minimum absolute atomic E-state index is 0.0868. The van der Waals surface area contributed by atoms with Crippen LogP contribution in [0.2, 0.25) is 0 Å². The zero-order chi connectivity index (χ0) is 13.5. The molecule has 5 nitrogen and oxygen atoms in total. The largest absolute Gasteiger partial charge is 0.552 e. The van der Waals surface area contributed by atoms with Gasteiger partial charge in [0, 0.05) is 6.92 Å². The molecule has 0 fully saturated rings. The van der Waals surface area contributed by atoms with Crippen LogP contribution in [0.1, 0.15) is 20.3 Å². The molecule has 1 aliphatic rings. The minimum atomic E-state index is -0.738. The minimum Gasteiger partial charge on any atom is -0.508 e. The van der Waals surface area contributed by atoms with Crippen LogP contribution < -0.4 is 5.32 Å². The first-order chi connectivity index (χ1) is 8.52. The summed E-state index contributed by atoms with van der Waals surface area (Å²) in [6, 6.07) is 0. The normalized spacial score (nSPS) is 23.4. The molecule has 0 aliphatic carbocycles. The van der Waals surface area contributed by atoms with Crippen LogP contribution >= 0.6 is 11.8 Å². The molecule has 2 atom stereocenters. The molecule has 0 unspecified atom stereocenters. The van der Waals surface area contributed by atoms with Gasteiger partial charge in [-0.15, -0.1) is 0 Å². The molecule has 7 heteroatoms. The van der Waals surface area contributed by atoms with Crippen LogP contribution in [0.15, 0.2) is 12.2 Å². The maximum absolute atomic E-state index is 11.6. The third kappa shape index (κ3) is 5.14. The Morgan fingerprint density at radius 2 is 2.33 bits per heavy atom. The fraction of sp³-hybridized carbons (Fsp3) is 0.636. The smallest absolute Gasteiger partial charge is 0.508 e. The number of thioether (sulfide) groups is 1. The molecule has 18 heavy (non-hydrogen) atoms. The summed E-state index contributed by atoms with van der Waals surface area (Å²) in [6.45, 7) is 3.19. The van der Waals surface area contributed by atoms with Crippen molar-refractivity contribution in [3.63, 3.8) is 0 Å². The Morgan fingerprint density at radius 1 is 1.61 bits per heavy atom. The molecule has 0 saturated heterocycles. The van der Waals surface area contributed by atoms with Gasteiger partial charge in [-0.1, -0.05) is 12.2 Å². The van der Waals surface area contributed by atoms with Crippen molar-refractivity contribution in [1.82, 2.24) is 5.32 Å². The summed E-state index contributed by atoms with van der Waals surface area (Å²) in [5.41, 5.74) is 0. The first-order valence-electron chi connectivity index (χ1n) is 5.80. The topological polar surface area (TPSA) is 64.6 Å². The SMILES string of the molecule is CSCC(=O)N[C@H]1CC=C[C@H](C)OB1OC(C)=O. The van der Waals surface area contributed by atoms with Crippen molar-refractivity contribution >= 4 is 30.8 Å². The van der Waals surface area contributed by atoms with Gasteiger partial charge >= 0.3 is 7.12 Å². The van der Waals surface area contributed by atoms with E-state index in [1.54, 1.807) is 0 Å². The summed E-state index contributed by atoms with van der Waals surface area (Å²) < 4.78 is 10.7. The summed E-state index contributed by atoms with van der Waals surface area (Å²) in [5, 5.41) is 2.82. The predicted octanol–water partition coefficient (Wildman–Crippen LogP) is 0.790. The van der Waals surface area contributed by atoms with Crippen LogP contribution in [0.25, 0.3) is 0 Å². The Labute approximate surface area is 112 Å². The van der Waals surface area contributed by atoms with Gasteiger partial charge in [0.1, 0.15) is 0 Å². The molecule has 0 saturated carbocycles. The number of rotatable bonds is 4. The van der Waals surface area contributed by atoms with Gasteiger partial charge < -0.3 is 14.6 Å². The predicted molar refractivity (Wildman–Crippen MR) is 72.1 cm³/mol. The second-order valence-corrected chi connectivity index (χ2v) is 4.96. The molecule has 0 bridgehead atoms. The van der Waals surface area contributed by atoms with Gasteiger partial charge in [-0.25, -0.2) is 0 Å². The summed E-state index contributed by atoms with van der Waals surface area (Å²) in [7, 11) is -0.738. The molecular weight excluding hydrogens is 253 g/mol. The van der Waals surface area contributed by atoms with Crippen LogP contribution in [0, 0.1) is 0 Å². The van der Waals surface area contributed by atoms with Gasteiger partial charge in [0.2, 0.25) is 5.91 Å². The van der Waals surface area contributed by atoms with E-state index < -0.39 is 13.1 Å². The lowest BCUT2D eigenvalue weighted by molar-refractivity contribution is -0.134. The molecule has 1 aliphatic heterocycles. The summed E-state index contributed by atoms with van der Waals surface area (Å²) in [4.78, 5) is 22.6. The molecule has 0 radical (unpaired) electrons. The molecule has 1 rings (SSSR count). The Kier molecular flexibility index (Phi) is 6.28. The van der Waals surface area contributed by atoms with Gasteiger partial charge in [0.15, 0.2) is 0 Å². The number of hydrogen-bond acceptors (Lipinski definition) is 5. The highest BCUT2D eigenvalue weighted by atomic mass is 32.2. The second-order valence-electron chi connectivity index (χ2n) is 4.09. The molecule has 1 amide bonds. The summed E-state index contributed by atoms with van der Waals surface area (Å²) in [5.74, 6) is -0.466. The van der Waals surface area contributed by atoms with Crippen molar-refractivity contribution < 1.29 is 18.9 Å². The molecule has 100 valence electrons. The van der Waals surface area contributed by atoms with Crippen molar-refractivity contribution in [1.29, 1.82) is 0 Å². The standard InChI is InChI=1S/C11H18BNO4S/c1-8-5-4-6-10(13-11(15)7-18-3)12(16-8)17-9(2)14/h4-5,8,10H,6-7H2,1-3H3,(H,13,15)/t8-,10-/m0/s1. The van der Waals surface area contributed by atoms with E-state index >= 15 is 0 Å². The lowest BCUT2D eigenvalue weighted by Gasteiger charge is -2.22. The molecular formula is C11H18BNO4S. The molecule has 0 aromatic rings. The van der Waals surface area contributed by atoms with Crippen molar-refractivity contribution in [2.24, 2.45) is 0 Å². The third-order valence-corrected chi connectivity index (χ3v) is 2.93. The zero-order valence-corrected chi connectivity index (χ0v) is 11.7. The third-order valence-electron chi connectivity index (χ3n) is 2.38. The van der Waals surface area contributed by atoms with E-state index in [0.29, 0.717) is 12.2 Å².